The van der Waals surface area contributed by atoms with Gasteiger partial charge >= 0.3 is 6.18 Å². The molecule has 3 aromatic heterocycles. The summed E-state index contributed by atoms with van der Waals surface area (Å²) in [5.41, 5.74) is -3.77. The third-order valence-electron chi connectivity index (χ3n) is 5.20. The van der Waals surface area contributed by atoms with Gasteiger partial charge in [0.25, 0.3) is 0 Å². The van der Waals surface area contributed by atoms with Gasteiger partial charge in [-0.2, -0.15) is 18.3 Å². The summed E-state index contributed by atoms with van der Waals surface area (Å²) in [6, 6.07) is 5.36. The smallest absolute Gasteiger partial charge is 0.413 e. The molecular formula is C25H26ClF4N5O2Si. The Morgan fingerprint density at radius 1 is 1.11 bits per heavy atom. The van der Waals surface area contributed by atoms with Crippen molar-refractivity contribution < 1.29 is 29.3 Å². The summed E-state index contributed by atoms with van der Waals surface area (Å²) in [6.07, 6.45) is -2.00. The van der Waals surface area contributed by atoms with Gasteiger partial charge in [0.2, 0.25) is 0 Å². The van der Waals surface area contributed by atoms with E-state index in [0.717, 1.165) is 12.3 Å². The number of hydrogen-bond acceptors (Lipinski definition) is 6. The van der Waals surface area contributed by atoms with Crippen LogP contribution in [0, 0.1) is 5.82 Å². The highest BCUT2D eigenvalue weighted by molar-refractivity contribution is 6.69. The molecule has 3 heterocycles. The molecule has 0 radical (unpaired) electrons. The van der Waals surface area contributed by atoms with Gasteiger partial charge in [-0.05, 0) is 58.1 Å². The molecule has 4 aromatic rings. The molecule has 0 aliphatic heterocycles. The fourth-order valence-electron chi connectivity index (χ4n) is 4.04. The van der Waals surface area contributed by atoms with Gasteiger partial charge in [-0.3, -0.25) is 4.68 Å². The van der Waals surface area contributed by atoms with E-state index in [-0.39, 0.29) is 32.3 Å². The zero-order valence-corrected chi connectivity index (χ0v) is 22.9. The van der Waals surface area contributed by atoms with Crippen LogP contribution in [0.25, 0.3) is 34.0 Å². The minimum Gasteiger partial charge on any atom is -0.413 e. The largest absolute Gasteiger partial charge is 0.433 e. The molecule has 0 aliphatic carbocycles. The highest BCUT2D eigenvalue weighted by Crippen LogP contribution is 2.45. The number of nitrogens with zero attached hydrogens (tertiary/aromatic N) is 5. The molecule has 0 bridgehead atoms. The first kappa shape index (κ1) is 25.2. The van der Waals surface area contributed by atoms with Gasteiger partial charge in [0.15, 0.2) is 25.6 Å². The van der Waals surface area contributed by atoms with E-state index in [2.05, 4.69) is 20.2 Å². The van der Waals surface area contributed by atoms with Crippen molar-refractivity contribution in [3.05, 3.63) is 59.4 Å². The van der Waals surface area contributed by atoms with Crippen LogP contribution in [-0.2, 0) is 17.1 Å². The molecule has 0 unspecified atom stereocenters. The summed E-state index contributed by atoms with van der Waals surface area (Å²) >= 11 is 6.24. The average Bonchev–Trinajstić information content (AvgIpc) is 3.42. The molecule has 0 fully saturated rings. The van der Waals surface area contributed by atoms with Crippen LogP contribution in [0.1, 0.15) is 28.7 Å². The zero-order chi connectivity index (χ0) is 29.7. The summed E-state index contributed by atoms with van der Waals surface area (Å²) < 4.78 is 87.7. The van der Waals surface area contributed by atoms with E-state index in [9.17, 15) is 17.6 Å². The number of hydrogen-bond donors (Lipinski definition) is 0. The van der Waals surface area contributed by atoms with Crippen molar-refractivity contribution in [1.29, 1.82) is 0 Å². The average molecular weight is 570 g/mol. The maximum Gasteiger partial charge on any atom is 0.433 e. The third-order valence-corrected chi connectivity index (χ3v) is 6.68. The first-order valence-electron chi connectivity index (χ1n) is 12.5. The van der Waals surface area contributed by atoms with Crippen molar-refractivity contribution >= 4 is 19.9 Å². The summed E-state index contributed by atoms with van der Waals surface area (Å²) in [4.78, 5) is 8.22. The van der Waals surface area contributed by atoms with Crippen molar-refractivity contribution in [2.75, 3.05) is 0 Å². The second-order valence-corrected chi connectivity index (χ2v) is 14.9. The molecule has 7 nitrogen and oxygen atoms in total. The highest BCUT2D eigenvalue weighted by Gasteiger charge is 2.41. The van der Waals surface area contributed by atoms with Crippen molar-refractivity contribution in [2.45, 2.75) is 58.2 Å². The highest BCUT2D eigenvalue weighted by atomic mass is 35.5. The fraction of sp³-hybridized carbons (Fsp3) is 0.360. The second kappa shape index (κ2) is 10.2. The Bertz CT molecular complexity index is 1500. The molecule has 0 amide bonds. The number of halogens is 5. The molecule has 0 saturated carbocycles. The van der Waals surface area contributed by atoms with Crippen LogP contribution >= 0.6 is 11.6 Å². The molecule has 13 heteroatoms. The van der Waals surface area contributed by atoms with Crippen LogP contribution in [0.4, 0.5) is 17.6 Å². The summed E-state index contributed by atoms with van der Waals surface area (Å²) in [7, 11) is -2.17. The van der Waals surface area contributed by atoms with Gasteiger partial charge in [-0.1, -0.05) is 22.8 Å². The van der Waals surface area contributed by atoms with Crippen molar-refractivity contribution in [1.82, 2.24) is 24.9 Å². The van der Waals surface area contributed by atoms with Crippen LogP contribution in [0.2, 0.25) is 24.7 Å². The van der Waals surface area contributed by atoms with Crippen LogP contribution in [0.15, 0.2) is 47.4 Å². The van der Waals surface area contributed by atoms with Crippen molar-refractivity contribution in [3.8, 4) is 34.0 Å². The standard InChI is InChI=1S/C25H26ClF4N5O2Si/c1-24(2,37-38(3,4)5)10-13-35-22(25(28,29)30)15(14-33-35)21-19(23-31-11-7-12-32-23)20(34-36-21)18-16(26)8-6-9-17(18)27/h6-9,11-12,14H,10,13H2,1-5H3/i13D2. The van der Waals surface area contributed by atoms with Gasteiger partial charge in [-0.15, -0.1) is 0 Å². The Morgan fingerprint density at radius 3 is 2.39 bits per heavy atom. The molecule has 1 aromatic carbocycles. The zero-order valence-electron chi connectivity index (χ0n) is 23.2. The molecule has 0 saturated heterocycles. The molecule has 0 aliphatic rings. The monoisotopic (exact) mass is 569 g/mol. The SMILES string of the molecule is [2H]C([2H])(CC(C)(C)O[Si](C)(C)C)n1ncc(-c2onc(-c3c(F)cccc3Cl)c2-c2ncccn2)c1C(F)(F)F. The lowest BCUT2D eigenvalue weighted by atomic mass is 10.0. The van der Waals surface area contributed by atoms with Gasteiger partial charge < -0.3 is 8.95 Å². The van der Waals surface area contributed by atoms with E-state index in [1.54, 1.807) is 13.8 Å². The quantitative estimate of drug-likeness (QED) is 0.161. The maximum atomic E-state index is 14.9. The predicted molar refractivity (Wildman–Crippen MR) is 137 cm³/mol. The Kier molecular flexibility index (Phi) is 6.78. The van der Waals surface area contributed by atoms with Crippen LogP contribution < -0.4 is 0 Å². The van der Waals surface area contributed by atoms with Crippen molar-refractivity contribution in [2.24, 2.45) is 0 Å². The first-order chi connectivity index (χ1) is 18.4. The minimum absolute atomic E-state index is 0.0651. The van der Waals surface area contributed by atoms with Gasteiger partial charge in [0.05, 0.1) is 36.3 Å². The van der Waals surface area contributed by atoms with Crippen LogP contribution in [0.5, 0.6) is 0 Å². The van der Waals surface area contributed by atoms with Crippen molar-refractivity contribution in [3.63, 3.8) is 0 Å². The fourth-order valence-corrected chi connectivity index (χ4v) is 6.02. The summed E-state index contributed by atoms with van der Waals surface area (Å²) in [5.74, 6) is -1.38. The van der Waals surface area contributed by atoms with E-state index in [1.807, 2.05) is 19.6 Å². The predicted octanol–water partition coefficient (Wildman–Crippen LogP) is 7.49. The number of benzene rings is 1. The van der Waals surface area contributed by atoms with E-state index in [0.29, 0.717) is 0 Å². The topological polar surface area (TPSA) is 78.9 Å². The van der Waals surface area contributed by atoms with Crippen LogP contribution in [0.3, 0.4) is 0 Å². The Labute approximate surface area is 225 Å². The Balaban J connectivity index is 1.95. The normalized spacial score (nSPS) is 13.9. The first-order valence-corrected chi connectivity index (χ1v) is 15.3. The summed E-state index contributed by atoms with van der Waals surface area (Å²) in [5, 5.41) is 7.61. The molecular weight excluding hydrogens is 542 g/mol. The molecule has 38 heavy (non-hydrogen) atoms. The molecule has 0 N–H and O–H groups in total. The Morgan fingerprint density at radius 2 is 1.79 bits per heavy atom. The van der Waals surface area contributed by atoms with E-state index in [1.165, 1.54) is 30.6 Å². The lowest BCUT2D eigenvalue weighted by Gasteiger charge is -2.33. The number of aromatic nitrogens is 5. The van der Waals surface area contributed by atoms with E-state index >= 15 is 0 Å². The molecule has 4 rings (SSSR count). The molecule has 202 valence electrons. The minimum atomic E-state index is -5.08. The number of rotatable bonds is 8. The number of alkyl halides is 3. The lowest BCUT2D eigenvalue weighted by molar-refractivity contribution is -0.144. The van der Waals surface area contributed by atoms with Gasteiger partial charge in [0.1, 0.15) is 11.5 Å². The lowest BCUT2D eigenvalue weighted by Crippen LogP contribution is -2.39. The molecule has 0 spiro atoms. The van der Waals surface area contributed by atoms with Gasteiger partial charge in [0, 0.05) is 18.9 Å². The number of aryl methyl sites for hydroxylation is 1. The van der Waals surface area contributed by atoms with Gasteiger partial charge in [-0.25, -0.2) is 14.4 Å². The maximum absolute atomic E-state index is 14.9. The second-order valence-electron chi connectivity index (χ2n) is 10.0. The molecule has 0 atom stereocenters. The Hall–Kier alpha value is -3.09. The summed E-state index contributed by atoms with van der Waals surface area (Å²) in [6.45, 7) is 6.29. The third kappa shape index (κ3) is 5.97. The van der Waals surface area contributed by atoms with E-state index < -0.39 is 55.8 Å². The van der Waals surface area contributed by atoms with E-state index in [4.69, 9.17) is 23.3 Å². The van der Waals surface area contributed by atoms with Crippen LogP contribution in [-0.4, -0.2) is 38.8 Å².